The number of likely N-dealkylation sites (tertiary alicyclic amines) is 1. The van der Waals surface area contributed by atoms with E-state index in [0.29, 0.717) is 30.2 Å². The third kappa shape index (κ3) is 5.51. The summed E-state index contributed by atoms with van der Waals surface area (Å²) in [5.74, 6) is -0.0872. The van der Waals surface area contributed by atoms with E-state index in [1.54, 1.807) is 42.9 Å². The van der Waals surface area contributed by atoms with Crippen LogP contribution in [0, 0.1) is 6.92 Å². The highest BCUT2D eigenvalue weighted by molar-refractivity contribution is 6.39. The lowest BCUT2D eigenvalue weighted by Gasteiger charge is -2.50. The third-order valence-corrected chi connectivity index (χ3v) is 10.3. The first-order valence-electron chi connectivity index (χ1n) is 17.4. The summed E-state index contributed by atoms with van der Waals surface area (Å²) in [6.07, 6.45) is 3.16. The number of hydrogen-bond acceptors (Lipinski definition) is 9. The molecule has 13 nitrogen and oxygen atoms in total. The quantitative estimate of drug-likeness (QED) is 0.219. The maximum atomic E-state index is 14.5. The van der Waals surface area contributed by atoms with E-state index in [-0.39, 0.29) is 42.3 Å². The number of pyridine rings is 1. The van der Waals surface area contributed by atoms with Gasteiger partial charge < -0.3 is 25.3 Å². The van der Waals surface area contributed by atoms with Crippen LogP contribution in [0.15, 0.2) is 54.7 Å². The molecule has 2 fully saturated rings. The Bertz CT molecular complexity index is 2240. The Labute approximate surface area is 303 Å². The minimum Gasteiger partial charge on any atom is -0.364 e. The highest BCUT2D eigenvalue weighted by Gasteiger charge is 2.51. The molecular weight excluding hydrogens is 659 g/mol. The molecule has 6 heterocycles. The van der Waals surface area contributed by atoms with Crippen molar-refractivity contribution in [1.82, 2.24) is 39.2 Å². The van der Waals surface area contributed by atoms with Gasteiger partial charge in [0.2, 0.25) is 0 Å². The van der Waals surface area contributed by atoms with Gasteiger partial charge in [-0.25, -0.2) is 14.4 Å². The van der Waals surface area contributed by atoms with E-state index < -0.39 is 16.9 Å². The predicted molar refractivity (Wildman–Crippen MR) is 198 cm³/mol. The van der Waals surface area contributed by atoms with Crippen LogP contribution in [0.4, 0.5) is 27.4 Å². The summed E-state index contributed by atoms with van der Waals surface area (Å²) in [7, 11) is 18.8. The van der Waals surface area contributed by atoms with E-state index in [0.717, 1.165) is 40.3 Å². The summed E-state index contributed by atoms with van der Waals surface area (Å²) in [5, 5.41) is 14.4. The number of benzene rings is 1. The monoisotopic (exact) mass is 697 g/mol. The Balaban J connectivity index is 1.09. The number of nitrogens with zero attached hydrogens (tertiary/aromatic N) is 9. The average Bonchev–Trinajstić information content (AvgIpc) is 3.52. The molecule has 1 unspecified atom stereocenters. The zero-order valence-electron chi connectivity index (χ0n) is 29.8. The van der Waals surface area contributed by atoms with Gasteiger partial charge in [-0.1, -0.05) is 25.1 Å². The molecule has 1 saturated heterocycles. The van der Waals surface area contributed by atoms with Crippen molar-refractivity contribution in [3.05, 3.63) is 77.5 Å². The second-order valence-corrected chi connectivity index (χ2v) is 14.2. The molecule has 262 valence electrons. The van der Waals surface area contributed by atoms with E-state index in [2.05, 4.69) is 55.3 Å². The van der Waals surface area contributed by atoms with Gasteiger partial charge in [-0.05, 0) is 49.7 Å². The molecule has 1 aliphatic carbocycles. The van der Waals surface area contributed by atoms with Crippen molar-refractivity contribution < 1.29 is 14.0 Å². The van der Waals surface area contributed by atoms with E-state index in [1.165, 1.54) is 4.90 Å². The molecule has 0 bridgehead atoms. The fraction of sp³-hybridized carbons (Fsp3) is 0.389. The average molecular weight is 697 g/mol. The van der Waals surface area contributed by atoms with Crippen molar-refractivity contribution in [2.45, 2.75) is 56.2 Å². The van der Waals surface area contributed by atoms with Gasteiger partial charge in [0.15, 0.2) is 11.3 Å². The number of halogens is 1. The van der Waals surface area contributed by atoms with E-state index in [4.69, 9.17) is 20.8 Å². The van der Waals surface area contributed by atoms with E-state index >= 15 is 0 Å². The molecular formula is C36H38B2FN11O2. The number of amides is 2. The zero-order valence-corrected chi connectivity index (χ0v) is 29.8. The number of hydrogen-bond donors (Lipinski definition) is 2. The number of anilines is 4. The Morgan fingerprint density at radius 3 is 2.54 bits per heavy atom. The Morgan fingerprint density at radius 2 is 1.83 bits per heavy atom. The molecule has 2 amide bonds. The first kappa shape index (κ1) is 33.9. The van der Waals surface area contributed by atoms with Gasteiger partial charge in [0, 0.05) is 63.2 Å². The maximum Gasteiger partial charge on any atom is 0.271 e. The van der Waals surface area contributed by atoms with Crippen molar-refractivity contribution in [2.75, 3.05) is 49.8 Å². The van der Waals surface area contributed by atoms with Crippen LogP contribution in [-0.2, 0) is 10.1 Å². The van der Waals surface area contributed by atoms with E-state index in [1.807, 2.05) is 36.2 Å². The lowest BCUT2D eigenvalue weighted by molar-refractivity contribution is -0.122. The number of fused-ring (bicyclic) bond motifs is 4. The van der Waals surface area contributed by atoms with Gasteiger partial charge in [-0.15, -0.1) is 0 Å². The van der Waals surface area contributed by atoms with Gasteiger partial charge in [0.1, 0.15) is 17.3 Å². The number of aryl methyl sites for hydroxylation is 1. The highest BCUT2D eigenvalue weighted by Crippen LogP contribution is 2.50. The number of carbonyl (C=O) groups excluding carboxylic acids is 2. The van der Waals surface area contributed by atoms with E-state index in [9.17, 15) is 14.0 Å². The molecule has 2 N–H and O–H groups in total. The lowest BCUT2D eigenvalue weighted by Crippen LogP contribution is -2.60. The van der Waals surface area contributed by atoms with Crippen LogP contribution in [-0.4, -0.2) is 107 Å². The minimum atomic E-state index is -1.83. The summed E-state index contributed by atoms with van der Waals surface area (Å²) in [6, 6.07) is 14.7. The largest absolute Gasteiger partial charge is 0.364 e. The minimum absolute atomic E-state index is 0.00329. The number of carbonyl (C=O) groups is 2. The van der Waals surface area contributed by atoms with Crippen LogP contribution in [0.3, 0.4) is 0 Å². The molecule has 52 heavy (non-hydrogen) atoms. The molecule has 16 heteroatoms. The van der Waals surface area contributed by atoms with Gasteiger partial charge in [-0.3, -0.25) is 14.3 Å². The molecule has 0 spiro atoms. The fourth-order valence-corrected chi connectivity index (χ4v) is 7.28. The number of alkyl halides is 1. The molecule has 8 rings (SSSR count). The second-order valence-electron chi connectivity index (χ2n) is 14.2. The fourth-order valence-electron chi connectivity index (χ4n) is 7.28. The van der Waals surface area contributed by atoms with Crippen molar-refractivity contribution in [2.24, 2.45) is 0 Å². The standard InChI is InChI=1S/C36H38B2FN11O2/c1-6-26-32-23(17-40-49(32)21-18-48(19-21)36(37,38)27-12-8-11-25(41-27)33(51)46(3)4)22-9-7-10-24(31(22)47(26)5)42-30-16-28(44-34(52)35(39)13-14-35)43-29-15-20(2)45-50(29)30/h7-12,15-17,21,26,42H,6,13-14,18-19H2,1-5H3,(H,43,44,52). The van der Waals surface area contributed by atoms with Crippen LogP contribution in [0.5, 0.6) is 0 Å². The lowest BCUT2D eigenvalue weighted by atomic mass is 9.57. The van der Waals surface area contributed by atoms with Crippen LogP contribution in [0.1, 0.15) is 65.8 Å². The summed E-state index contributed by atoms with van der Waals surface area (Å²) in [5.41, 5.74) is 5.10. The van der Waals surface area contributed by atoms with Crippen molar-refractivity contribution in [3.63, 3.8) is 0 Å². The summed E-state index contributed by atoms with van der Waals surface area (Å²) in [4.78, 5) is 39.8. The first-order chi connectivity index (χ1) is 24.8. The maximum absolute atomic E-state index is 14.5. The molecule has 2 aliphatic heterocycles. The van der Waals surface area contributed by atoms with Gasteiger partial charge in [0.05, 0.1) is 56.7 Å². The van der Waals surface area contributed by atoms with Crippen molar-refractivity contribution >= 4 is 56.2 Å². The molecule has 5 aromatic rings. The van der Waals surface area contributed by atoms with Gasteiger partial charge in [-0.2, -0.15) is 14.7 Å². The van der Waals surface area contributed by atoms with Crippen LogP contribution in [0.2, 0.25) is 0 Å². The van der Waals surface area contributed by atoms with Gasteiger partial charge in [0.25, 0.3) is 11.8 Å². The predicted octanol–water partition coefficient (Wildman–Crippen LogP) is 4.09. The Hall–Kier alpha value is -5.24. The normalized spacial score (nSPS) is 18.0. The highest BCUT2D eigenvalue weighted by atomic mass is 19.1. The zero-order chi connectivity index (χ0) is 36.7. The Kier molecular flexibility index (Phi) is 7.94. The van der Waals surface area contributed by atoms with Crippen molar-refractivity contribution in [3.8, 4) is 11.1 Å². The SMILES string of the molecule is [B]C([B])(c1cccc(C(=O)N(C)C)n1)N1CC(n2ncc3c2C(CC)N(C)c2c(Nc4cc(NC(=O)C5(F)CC5)nc5cc(C)nn45)cccc2-3)C1. The molecule has 1 saturated carbocycles. The molecule has 3 aliphatic rings. The van der Waals surface area contributed by atoms with Crippen LogP contribution in [0.25, 0.3) is 16.8 Å². The summed E-state index contributed by atoms with van der Waals surface area (Å²) < 4.78 is 18.3. The van der Waals surface area contributed by atoms with Crippen LogP contribution >= 0.6 is 0 Å². The molecule has 1 aromatic carbocycles. The number of rotatable bonds is 9. The summed E-state index contributed by atoms with van der Waals surface area (Å²) >= 11 is 0. The number of nitrogens with one attached hydrogen (secondary N) is 2. The van der Waals surface area contributed by atoms with Crippen molar-refractivity contribution in [1.29, 1.82) is 0 Å². The Morgan fingerprint density at radius 1 is 1.08 bits per heavy atom. The number of para-hydroxylation sites is 1. The number of aromatic nitrogens is 6. The van der Waals surface area contributed by atoms with Gasteiger partial charge >= 0.3 is 0 Å². The molecule has 4 radical (unpaired) electrons. The first-order valence-corrected chi connectivity index (χ1v) is 17.4. The summed E-state index contributed by atoms with van der Waals surface area (Å²) in [6.45, 7) is 5.12. The topological polar surface area (TPSA) is 129 Å². The van der Waals surface area contributed by atoms with Crippen LogP contribution < -0.4 is 15.5 Å². The third-order valence-electron chi connectivity index (χ3n) is 10.3. The smallest absolute Gasteiger partial charge is 0.271 e. The second kappa shape index (κ2) is 12.2. The molecule has 1 atom stereocenters. The molecule has 4 aromatic heterocycles.